The molecule has 1 rings (SSSR count). The van der Waals surface area contributed by atoms with Crippen molar-refractivity contribution in [2.75, 3.05) is 19.6 Å². The third-order valence-electron chi connectivity index (χ3n) is 3.63. The zero-order valence-electron chi connectivity index (χ0n) is 12.2. The van der Waals surface area contributed by atoms with Crippen molar-refractivity contribution in [2.45, 2.75) is 46.1 Å². The zero-order valence-corrected chi connectivity index (χ0v) is 12.2. The van der Waals surface area contributed by atoms with Crippen LogP contribution < -0.4 is 5.32 Å². The van der Waals surface area contributed by atoms with Crippen LogP contribution in [0.15, 0.2) is 0 Å². The highest BCUT2D eigenvalue weighted by Crippen LogP contribution is 2.21. The summed E-state index contributed by atoms with van der Waals surface area (Å²) in [4.78, 5) is 24.9. The van der Waals surface area contributed by atoms with Crippen molar-refractivity contribution < 1.29 is 14.7 Å². The molecule has 1 heterocycles. The van der Waals surface area contributed by atoms with Gasteiger partial charge in [-0.2, -0.15) is 0 Å². The summed E-state index contributed by atoms with van der Waals surface area (Å²) < 4.78 is 0. The third kappa shape index (κ3) is 5.59. The van der Waals surface area contributed by atoms with Gasteiger partial charge in [0, 0.05) is 19.5 Å². The largest absolute Gasteiger partial charge is 0.481 e. The molecule has 0 aromatic heterocycles. The molecule has 1 fully saturated rings. The van der Waals surface area contributed by atoms with E-state index in [2.05, 4.69) is 24.1 Å². The van der Waals surface area contributed by atoms with Crippen molar-refractivity contribution in [1.82, 2.24) is 10.2 Å². The SMILES string of the molecule is CC(C)CNC(=O)C(C)N1CCCC(CC(=O)O)C1. The molecule has 5 nitrogen and oxygen atoms in total. The van der Waals surface area contributed by atoms with E-state index in [1.165, 1.54) is 0 Å². The lowest BCUT2D eigenvalue weighted by Crippen LogP contribution is -2.49. The first-order valence-electron chi connectivity index (χ1n) is 7.13. The van der Waals surface area contributed by atoms with Crippen LogP contribution in [0.5, 0.6) is 0 Å². The molecular formula is C14H26N2O3. The van der Waals surface area contributed by atoms with Crippen molar-refractivity contribution in [1.29, 1.82) is 0 Å². The Balaban J connectivity index is 2.44. The normalized spacial score (nSPS) is 22.2. The summed E-state index contributed by atoms with van der Waals surface area (Å²) in [5.74, 6) is -0.0858. The van der Waals surface area contributed by atoms with Crippen LogP contribution in [0, 0.1) is 11.8 Å². The minimum atomic E-state index is -0.747. The Hall–Kier alpha value is -1.10. The molecule has 1 aliphatic rings. The molecule has 110 valence electrons. The average Bonchev–Trinajstić information content (AvgIpc) is 2.34. The summed E-state index contributed by atoms with van der Waals surface area (Å²) in [7, 11) is 0. The van der Waals surface area contributed by atoms with Crippen LogP contribution in [0.4, 0.5) is 0 Å². The molecule has 0 spiro atoms. The van der Waals surface area contributed by atoms with Gasteiger partial charge in [-0.05, 0) is 38.1 Å². The van der Waals surface area contributed by atoms with Crippen LogP contribution in [0.25, 0.3) is 0 Å². The van der Waals surface area contributed by atoms with Gasteiger partial charge in [-0.3, -0.25) is 14.5 Å². The predicted molar refractivity (Wildman–Crippen MR) is 73.9 cm³/mol. The Morgan fingerprint density at radius 2 is 2.05 bits per heavy atom. The highest BCUT2D eigenvalue weighted by molar-refractivity contribution is 5.81. The molecule has 2 atom stereocenters. The smallest absolute Gasteiger partial charge is 0.303 e. The highest BCUT2D eigenvalue weighted by atomic mass is 16.4. The maximum atomic E-state index is 12.0. The fraction of sp³-hybridized carbons (Fsp3) is 0.857. The monoisotopic (exact) mass is 270 g/mol. The molecule has 1 amide bonds. The number of amides is 1. The van der Waals surface area contributed by atoms with E-state index in [9.17, 15) is 9.59 Å². The number of likely N-dealkylation sites (tertiary alicyclic amines) is 1. The number of rotatable bonds is 6. The van der Waals surface area contributed by atoms with E-state index in [0.29, 0.717) is 19.0 Å². The van der Waals surface area contributed by atoms with Crippen molar-refractivity contribution in [3.05, 3.63) is 0 Å². The molecule has 2 N–H and O–H groups in total. The Labute approximate surface area is 115 Å². The van der Waals surface area contributed by atoms with Crippen LogP contribution in [-0.4, -0.2) is 47.6 Å². The van der Waals surface area contributed by atoms with Crippen LogP contribution in [0.1, 0.15) is 40.0 Å². The molecule has 0 aromatic rings. The first kappa shape index (κ1) is 16.0. The quantitative estimate of drug-likeness (QED) is 0.764. The van der Waals surface area contributed by atoms with Crippen molar-refractivity contribution in [3.63, 3.8) is 0 Å². The second-order valence-corrected chi connectivity index (χ2v) is 5.92. The topological polar surface area (TPSA) is 69.6 Å². The number of carbonyl (C=O) groups is 2. The Morgan fingerprint density at radius 3 is 2.63 bits per heavy atom. The second-order valence-electron chi connectivity index (χ2n) is 5.92. The van der Waals surface area contributed by atoms with Gasteiger partial charge in [0.1, 0.15) is 0 Å². The van der Waals surface area contributed by atoms with Crippen LogP contribution in [0.3, 0.4) is 0 Å². The molecular weight excluding hydrogens is 244 g/mol. The summed E-state index contributed by atoms with van der Waals surface area (Å²) in [5, 5.41) is 11.8. The lowest BCUT2D eigenvalue weighted by Gasteiger charge is -2.35. The highest BCUT2D eigenvalue weighted by Gasteiger charge is 2.28. The van der Waals surface area contributed by atoms with Gasteiger partial charge >= 0.3 is 5.97 Å². The fourth-order valence-corrected chi connectivity index (χ4v) is 2.48. The van der Waals surface area contributed by atoms with Gasteiger partial charge in [0.05, 0.1) is 6.04 Å². The van der Waals surface area contributed by atoms with Crippen LogP contribution >= 0.6 is 0 Å². The van der Waals surface area contributed by atoms with Crippen molar-refractivity contribution in [2.24, 2.45) is 11.8 Å². The number of carbonyl (C=O) groups excluding carboxylic acids is 1. The number of aliphatic carboxylic acids is 1. The van der Waals surface area contributed by atoms with E-state index in [4.69, 9.17) is 5.11 Å². The van der Waals surface area contributed by atoms with E-state index in [1.54, 1.807) is 0 Å². The molecule has 19 heavy (non-hydrogen) atoms. The van der Waals surface area contributed by atoms with E-state index in [0.717, 1.165) is 19.4 Å². The number of carboxylic acids is 1. The van der Waals surface area contributed by atoms with Gasteiger partial charge in [0.2, 0.25) is 5.91 Å². The lowest BCUT2D eigenvalue weighted by atomic mass is 9.94. The van der Waals surface area contributed by atoms with Crippen molar-refractivity contribution in [3.8, 4) is 0 Å². The number of nitrogens with zero attached hydrogens (tertiary/aromatic N) is 1. The Kier molecular flexibility index (Phi) is 6.28. The minimum absolute atomic E-state index is 0.0460. The summed E-state index contributed by atoms with van der Waals surface area (Å²) in [6, 6.07) is -0.171. The molecule has 0 saturated carbocycles. The number of piperidine rings is 1. The molecule has 1 saturated heterocycles. The first-order valence-corrected chi connectivity index (χ1v) is 7.13. The molecule has 0 radical (unpaired) electrons. The minimum Gasteiger partial charge on any atom is -0.481 e. The maximum absolute atomic E-state index is 12.0. The van der Waals surface area contributed by atoms with E-state index < -0.39 is 5.97 Å². The Bertz CT molecular complexity index is 318. The molecule has 0 bridgehead atoms. The number of hydrogen-bond acceptors (Lipinski definition) is 3. The molecule has 2 unspecified atom stereocenters. The van der Waals surface area contributed by atoms with Gasteiger partial charge in [0.25, 0.3) is 0 Å². The second kappa shape index (κ2) is 7.48. The van der Waals surface area contributed by atoms with Gasteiger partial charge in [-0.15, -0.1) is 0 Å². The zero-order chi connectivity index (χ0) is 14.4. The lowest BCUT2D eigenvalue weighted by molar-refractivity contribution is -0.138. The van der Waals surface area contributed by atoms with E-state index in [-0.39, 0.29) is 24.3 Å². The maximum Gasteiger partial charge on any atom is 0.303 e. The summed E-state index contributed by atoms with van der Waals surface area (Å²) in [6.45, 7) is 8.31. The Morgan fingerprint density at radius 1 is 1.37 bits per heavy atom. The molecule has 0 aromatic carbocycles. The van der Waals surface area contributed by atoms with Gasteiger partial charge in [-0.1, -0.05) is 13.8 Å². The van der Waals surface area contributed by atoms with Crippen LogP contribution in [0.2, 0.25) is 0 Å². The number of nitrogens with one attached hydrogen (secondary N) is 1. The molecule has 0 aliphatic carbocycles. The fourth-order valence-electron chi connectivity index (χ4n) is 2.48. The molecule has 1 aliphatic heterocycles. The number of carboxylic acid groups (broad SMARTS) is 1. The van der Waals surface area contributed by atoms with Crippen LogP contribution in [-0.2, 0) is 9.59 Å². The van der Waals surface area contributed by atoms with Crippen molar-refractivity contribution >= 4 is 11.9 Å². The van der Waals surface area contributed by atoms with Gasteiger partial charge < -0.3 is 10.4 Å². The summed E-state index contributed by atoms with van der Waals surface area (Å²) >= 11 is 0. The molecule has 5 heteroatoms. The average molecular weight is 270 g/mol. The number of hydrogen-bond donors (Lipinski definition) is 2. The van der Waals surface area contributed by atoms with Gasteiger partial charge in [-0.25, -0.2) is 0 Å². The summed E-state index contributed by atoms with van der Waals surface area (Å²) in [5.41, 5.74) is 0. The summed E-state index contributed by atoms with van der Waals surface area (Å²) in [6.07, 6.45) is 2.12. The van der Waals surface area contributed by atoms with E-state index in [1.807, 2.05) is 6.92 Å². The third-order valence-corrected chi connectivity index (χ3v) is 3.63. The standard InChI is InChI=1S/C14H26N2O3/c1-10(2)8-15-14(19)11(3)16-6-4-5-12(9-16)7-13(17)18/h10-12H,4-9H2,1-3H3,(H,15,19)(H,17,18). The predicted octanol–water partition coefficient (Wildman–Crippen LogP) is 1.33. The first-order chi connectivity index (χ1) is 8.90. The van der Waals surface area contributed by atoms with Gasteiger partial charge in [0.15, 0.2) is 0 Å². The van der Waals surface area contributed by atoms with E-state index >= 15 is 0 Å².